The first kappa shape index (κ1) is 19.1. The number of benzene rings is 2. The Morgan fingerprint density at radius 3 is 2.58 bits per heavy atom. The van der Waals surface area contributed by atoms with Gasteiger partial charge in [-0.2, -0.15) is 0 Å². The van der Waals surface area contributed by atoms with Gasteiger partial charge in [-0.05, 0) is 36.7 Å². The van der Waals surface area contributed by atoms with Gasteiger partial charge in [0.1, 0.15) is 12.4 Å². The second kappa shape index (κ2) is 10.6. The minimum atomic E-state index is 0.477. The Labute approximate surface area is 155 Å². The summed E-state index contributed by atoms with van der Waals surface area (Å²) < 4.78 is 5.97. The van der Waals surface area contributed by atoms with Crippen molar-refractivity contribution in [1.29, 1.82) is 0 Å². The average molecular weight is 366 g/mol. The summed E-state index contributed by atoms with van der Waals surface area (Å²) >= 11 is 12.0. The fourth-order valence-corrected chi connectivity index (χ4v) is 2.80. The molecular weight excluding hydrogens is 341 g/mol. The van der Waals surface area contributed by atoms with Gasteiger partial charge in [-0.25, -0.2) is 0 Å². The van der Waals surface area contributed by atoms with Crippen LogP contribution in [0.5, 0.6) is 5.75 Å². The average Bonchev–Trinajstić information content (AvgIpc) is 2.60. The van der Waals surface area contributed by atoms with Crippen LogP contribution in [0, 0.1) is 0 Å². The van der Waals surface area contributed by atoms with Crippen LogP contribution in [-0.4, -0.2) is 6.54 Å². The zero-order valence-electron chi connectivity index (χ0n) is 14.2. The van der Waals surface area contributed by atoms with Gasteiger partial charge in [-0.15, -0.1) is 0 Å². The molecule has 24 heavy (non-hydrogen) atoms. The summed E-state index contributed by atoms with van der Waals surface area (Å²) in [6.45, 7) is 4.57. The Hall–Kier alpha value is -1.22. The topological polar surface area (TPSA) is 21.3 Å². The Kier molecular flexibility index (Phi) is 8.44. The summed E-state index contributed by atoms with van der Waals surface area (Å²) in [6, 6.07) is 13.7. The molecule has 0 aliphatic carbocycles. The van der Waals surface area contributed by atoms with Crippen LogP contribution in [0.2, 0.25) is 10.0 Å². The van der Waals surface area contributed by atoms with Crippen molar-refractivity contribution in [2.45, 2.75) is 45.8 Å². The number of unbranched alkanes of at least 4 members (excludes halogenated alkanes) is 3. The van der Waals surface area contributed by atoms with Crippen molar-refractivity contribution in [3.05, 3.63) is 63.6 Å². The van der Waals surface area contributed by atoms with Crippen molar-refractivity contribution >= 4 is 23.2 Å². The number of para-hydroxylation sites is 1. The second-order valence-electron chi connectivity index (χ2n) is 5.88. The summed E-state index contributed by atoms with van der Waals surface area (Å²) in [7, 11) is 0. The molecule has 0 atom stereocenters. The number of hydrogen-bond acceptors (Lipinski definition) is 2. The molecular formula is C20H25Cl2NO. The molecule has 0 spiro atoms. The number of nitrogens with one attached hydrogen (secondary N) is 1. The van der Waals surface area contributed by atoms with E-state index >= 15 is 0 Å². The van der Waals surface area contributed by atoms with Crippen LogP contribution < -0.4 is 10.1 Å². The second-order valence-corrected chi connectivity index (χ2v) is 6.70. The maximum atomic E-state index is 6.05. The number of halogens is 2. The third-order valence-electron chi connectivity index (χ3n) is 3.87. The fraction of sp³-hybridized carbons (Fsp3) is 0.400. The first-order chi connectivity index (χ1) is 11.7. The van der Waals surface area contributed by atoms with Gasteiger partial charge in [0.25, 0.3) is 0 Å². The van der Waals surface area contributed by atoms with Crippen molar-refractivity contribution in [2.75, 3.05) is 6.54 Å². The van der Waals surface area contributed by atoms with Crippen molar-refractivity contribution in [3.63, 3.8) is 0 Å². The molecule has 4 heteroatoms. The molecule has 0 bridgehead atoms. The zero-order valence-corrected chi connectivity index (χ0v) is 15.7. The maximum Gasteiger partial charge on any atom is 0.124 e. The van der Waals surface area contributed by atoms with Crippen molar-refractivity contribution in [3.8, 4) is 5.75 Å². The summed E-state index contributed by atoms with van der Waals surface area (Å²) in [5, 5.41) is 4.62. The lowest BCUT2D eigenvalue weighted by atomic mass is 10.2. The van der Waals surface area contributed by atoms with E-state index in [2.05, 4.69) is 18.3 Å². The van der Waals surface area contributed by atoms with E-state index in [1.165, 1.54) is 31.2 Å². The normalized spacial score (nSPS) is 10.8. The van der Waals surface area contributed by atoms with Crippen LogP contribution in [0.1, 0.15) is 43.7 Å². The number of ether oxygens (including phenoxy) is 1. The lowest BCUT2D eigenvalue weighted by Gasteiger charge is -2.12. The number of hydrogen-bond donors (Lipinski definition) is 1. The van der Waals surface area contributed by atoms with Crippen molar-refractivity contribution in [2.24, 2.45) is 0 Å². The van der Waals surface area contributed by atoms with Crippen LogP contribution in [0.25, 0.3) is 0 Å². The third kappa shape index (κ3) is 6.35. The molecule has 0 aliphatic heterocycles. The summed E-state index contributed by atoms with van der Waals surface area (Å²) in [5.74, 6) is 0.907. The zero-order chi connectivity index (χ0) is 17.2. The predicted molar refractivity (Wildman–Crippen MR) is 103 cm³/mol. The molecule has 0 heterocycles. The fourth-order valence-electron chi connectivity index (χ4n) is 2.48. The van der Waals surface area contributed by atoms with E-state index in [1.54, 1.807) is 6.07 Å². The van der Waals surface area contributed by atoms with Gasteiger partial charge in [0.15, 0.2) is 0 Å². The predicted octanol–water partition coefficient (Wildman–Crippen LogP) is 6.24. The van der Waals surface area contributed by atoms with Gasteiger partial charge in [0, 0.05) is 12.1 Å². The molecule has 0 amide bonds. The highest BCUT2D eigenvalue weighted by Gasteiger charge is 2.05. The van der Waals surface area contributed by atoms with Gasteiger partial charge < -0.3 is 10.1 Å². The lowest BCUT2D eigenvalue weighted by Crippen LogP contribution is -2.15. The molecule has 130 valence electrons. The molecule has 2 aromatic carbocycles. The Morgan fingerprint density at radius 2 is 1.79 bits per heavy atom. The van der Waals surface area contributed by atoms with Crippen LogP contribution in [0.3, 0.4) is 0 Å². The Bertz CT molecular complexity index is 631. The molecule has 2 aromatic rings. The van der Waals surface area contributed by atoms with Crippen LogP contribution >= 0.6 is 23.2 Å². The molecule has 2 rings (SSSR count). The van der Waals surface area contributed by atoms with Crippen LogP contribution in [0.15, 0.2) is 42.5 Å². The van der Waals surface area contributed by atoms with E-state index in [-0.39, 0.29) is 0 Å². The minimum Gasteiger partial charge on any atom is -0.489 e. The minimum absolute atomic E-state index is 0.477. The Morgan fingerprint density at radius 1 is 0.958 bits per heavy atom. The summed E-state index contributed by atoms with van der Waals surface area (Å²) in [6.07, 6.45) is 5.09. The monoisotopic (exact) mass is 365 g/mol. The largest absolute Gasteiger partial charge is 0.489 e. The maximum absolute atomic E-state index is 6.05. The number of rotatable bonds is 10. The van der Waals surface area contributed by atoms with Gasteiger partial charge >= 0.3 is 0 Å². The van der Waals surface area contributed by atoms with E-state index in [0.29, 0.717) is 16.7 Å². The highest BCUT2D eigenvalue weighted by molar-refractivity contribution is 6.42. The molecule has 2 nitrogen and oxygen atoms in total. The first-order valence-corrected chi connectivity index (χ1v) is 9.31. The van der Waals surface area contributed by atoms with Crippen molar-refractivity contribution < 1.29 is 4.74 Å². The molecule has 0 saturated carbocycles. The molecule has 0 saturated heterocycles. The standard InChI is InChI=1S/C20H25Cl2NO/c1-2-3-4-7-12-23-14-17-8-5-6-9-20(17)24-15-16-10-11-18(21)19(22)13-16/h5-6,8-11,13,23H,2-4,7,12,14-15H2,1H3. The Balaban J connectivity index is 1.85. The van der Waals surface area contributed by atoms with Crippen LogP contribution in [0.4, 0.5) is 0 Å². The first-order valence-electron chi connectivity index (χ1n) is 8.56. The molecule has 1 N–H and O–H groups in total. The van der Waals surface area contributed by atoms with E-state index < -0.39 is 0 Å². The van der Waals surface area contributed by atoms with Crippen LogP contribution in [-0.2, 0) is 13.2 Å². The van der Waals surface area contributed by atoms with Crippen molar-refractivity contribution in [1.82, 2.24) is 5.32 Å². The highest BCUT2D eigenvalue weighted by atomic mass is 35.5. The smallest absolute Gasteiger partial charge is 0.124 e. The SMILES string of the molecule is CCCCCCNCc1ccccc1OCc1ccc(Cl)c(Cl)c1. The molecule has 0 unspecified atom stereocenters. The summed E-state index contributed by atoms with van der Waals surface area (Å²) in [5.41, 5.74) is 2.18. The van der Waals surface area contributed by atoms with E-state index in [0.717, 1.165) is 24.4 Å². The van der Waals surface area contributed by atoms with Gasteiger partial charge in [0.05, 0.1) is 10.0 Å². The van der Waals surface area contributed by atoms with Gasteiger partial charge in [0.2, 0.25) is 0 Å². The third-order valence-corrected chi connectivity index (χ3v) is 4.61. The van der Waals surface area contributed by atoms with Gasteiger partial charge in [-0.1, -0.05) is 73.7 Å². The molecule has 0 radical (unpaired) electrons. The van der Waals surface area contributed by atoms with E-state index in [4.69, 9.17) is 27.9 Å². The lowest BCUT2D eigenvalue weighted by molar-refractivity contribution is 0.302. The van der Waals surface area contributed by atoms with Gasteiger partial charge in [-0.3, -0.25) is 0 Å². The highest BCUT2D eigenvalue weighted by Crippen LogP contribution is 2.24. The molecule has 0 aromatic heterocycles. The molecule has 0 aliphatic rings. The van der Waals surface area contributed by atoms with E-state index in [9.17, 15) is 0 Å². The van der Waals surface area contributed by atoms with E-state index in [1.807, 2.05) is 30.3 Å². The quantitative estimate of drug-likeness (QED) is 0.503. The summed E-state index contributed by atoms with van der Waals surface area (Å²) in [4.78, 5) is 0. The molecule has 0 fully saturated rings.